The van der Waals surface area contributed by atoms with Crippen molar-refractivity contribution in [3.8, 4) is 0 Å². The molecule has 0 atom stereocenters. The number of nitrogens with zero attached hydrogens (tertiary/aromatic N) is 2. The molecule has 0 radical (unpaired) electrons. The van der Waals surface area contributed by atoms with Crippen molar-refractivity contribution in [2.24, 2.45) is 0 Å². The van der Waals surface area contributed by atoms with E-state index in [-0.39, 0.29) is 0 Å². The van der Waals surface area contributed by atoms with Gasteiger partial charge in [-0.1, -0.05) is 0 Å². The van der Waals surface area contributed by atoms with Gasteiger partial charge >= 0.3 is 0 Å². The second kappa shape index (κ2) is 7.39. The molecule has 13 heteroatoms. The normalized spacial score (nSPS) is 11.7. The molecule has 5 nitrogen and oxygen atoms in total. The van der Waals surface area contributed by atoms with Crippen LogP contribution >= 0.6 is 0 Å². The van der Waals surface area contributed by atoms with E-state index in [1.807, 2.05) is 4.72 Å². The summed E-state index contributed by atoms with van der Waals surface area (Å²) in [5.41, 5.74) is -1.19. The van der Waals surface area contributed by atoms with E-state index < -0.39 is 73.6 Å². The van der Waals surface area contributed by atoms with Gasteiger partial charge < -0.3 is 0 Å². The first-order valence-corrected chi connectivity index (χ1v) is 9.01. The Labute approximate surface area is 158 Å². The van der Waals surface area contributed by atoms with E-state index in [0.29, 0.717) is 22.9 Å². The van der Waals surface area contributed by atoms with Crippen molar-refractivity contribution in [2.45, 2.75) is 11.4 Å². The van der Waals surface area contributed by atoms with Crippen LogP contribution in [0.25, 0.3) is 0 Å². The first kappa shape index (κ1) is 20.6. The molecule has 0 aliphatic heterocycles. The highest BCUT2D eigenvalue weighted by atomic mass is 32.2. The third-order valence-corrected chi connectivity index (χ3v) is 5.07. The lowest BCUT2D eigenvalue weighted by Crippen LogP contribution is -2.16. The lowest BCUT2D eigenvalue weighted by Gasteiger charge is -2.09. The molecule has 0 saturated carbocycles. The molecule has 3 aromatic rings. The first-order chi connectivity index (χ1) is 13.5. The lowest BCUT2D eigenvalue weighted by molar-refractivity contribution is 0.367. The number of hydrogen-bond donors (Lipinski definition) is 1. The lowest BCUT2D eigenvalue weighted by atomic mass is 10.1. The molecule has 2 aromatic carbocycles. The van der Waals surface area contributed by atoms with E-state index in [1.165, 1.54) is 0 Å². The molecule has 0 aliphatic rings. The van der Waals surface area contributed by atoms with Crippen LogP contribution in [0.15, 0.2) is 35.4 Å². The number of rotatable bonds is 5. The van der Waals surface area contributed by atoms with E-state index in [9.17, 15) is 39.2 Å². The molecule has 0 amide bonds. The summed E-state index contributed by atoms with van der Waals surface area (Å²) >= 11 is 0. The topological polar surface area (TPSA) is 64.0 Å². The Morgan fingerprint density at radius 2 is 1.45 bits per heavy atom. The summed E-state index contributed by atoms with van der Waals surface area (Å²) < 4.78 is 120. The van der Waals surface area contributed by atoms with E-state index in [4.69, 9.17) is 0 Å². The predicted molar refractivity (Wildman–Crippen MR) is 84.7 cm³/mol. The second-order valence-corrected chi connectivity index (χ2v) is 7.28. The number of aromatic nitrogens is 2. The van der Waals surface area contributed by atoms with Gasteiger partial charge in [0.1, 0.15) is 16.5 Å². The number of nitrogens with one attached hydrogen (secondary N) is 1. The van der Waals surface area contributed by atoms with Gasteiger partial charge in [0.2, 0.25) is 5.82 Å². The second-order valence-electron chi connectivity index (χ2n) is 5.63. The van der Waals surface area contributed by atoms with E-state index in [1.54, 1.807) is 0 Å². The van der Waals surface area contributed by atoms with E-state index >= 15 is 0 Å². The fraction of sp³-hybridized carbons (Fsp3) is 0.0625. The van der Waals surface area contributed by atoms with Crippen LogP contribution in [-0.2, 0) is 16.6 Å². The standard InChI is InChI=1S/C16H8F7N3O2S/c17-7-1-2-10(9(18)5-7)29(27,28)25-11-3-4-26(24-11)6-8-12(19)14(21)16(23)15(22)13(8)20/h1-5H,6H2,(H,24,25). The zero-order valence-corrected chi connectivity index (χ0v) is 14.7. The molecule has 0 aliphatic carbocycles. The Kier molecular flexibility index (Phi) is 5.26. The maximum Gasteiger partial charge on any atom is 0.266 e. The minimum absolute atomic E-state index is 0.344. The van der Waals surface area contributed by atoms with Crippen LogP contribution in [0, 0.1) is 40.7 Å². The molecule has 0 spiro atoms. The van der Waals surface area contributed by atoms with Crippen molar-refractivity contribution in [3.63, 3.8) is 0 Å². The fourth-order valence-corrected chi connectivity index (χ4v) is 3.40. The van der Waals surface area contributed by atoms with Gasteiger partial charge in [-0.2, -0.15) is 5.10 Å². The number of benzene rings is 2. The molecule has 1 aromatic heterocycles. The SMILES string of the molecule is O=S(=O)(Nc1ccn(Cc2c(F)c(F)c(F)c(F)c2F)n1)c1ccc(F)cc1F. The Balaban J connectivity index is 1.87. The van der Waals surface area contributed by atoms with Crippen molar-refractivity contribution in [2.75, 3.05) is 4.72 Å². The van der Waals surface area contributed by atoms with Crippen molar-refractivity contribution < 1.29 is 39.2 Å². The van der Waals surface area contributed by atoms with Crippen molar-refractivity contribution in [3.05, 3.63) is 76.7 Å². The van der Waals surface area contributed by atoms with Crippen LogP contribution in [0.3, 0.4) is 0 Å². The first-order valence-electron chi connectivity index (χ1n) is 7.53. The van der Waals surface area contributed by atoms with E-state index in [2.05, 4.69) is 5.10 Å². The number of halogens is 7. The summed E-state index contributed by atoms with van der Waals surface area (Å²) in [5, 5.41) is 3.59. The summed E-state index contributed by atoms with van der Waals surface area (Å²) in [5.74, 6) is -13.6. The van der Waals surface area contributed by atoms with Crippen LogP contribution in [0.5, 0.6) is 0 Å². The van der Waals surface area contributed by atoms with Gasteiger partial charge in [-0.15, -0.1) is 0 Å². The summed E-state index contributed by atoms with van der Waals surface area (Å²) in [7, 11) is -4.54. The Morgan fingerprint density at radius 1 is 0.862 bits per heavy atom. The number of hydrogen-bond acceptors (Lipinski definition) is 3. The quantitative estimate of drug-likeness (QED) is 0.375. The summed E-state index contributed by atoms with van der Waals surface area (Å²) in [6.07, 6.45) is 0.983. The zero-order chi connectivity index (χ0) is 21.5. The Hall–Kier alpha value is -3.09. The third-order valence-electron chi connectivity index (χ3n) is 3.68. The monoisotopic (exact) mass is 439 g/mol. The highest BCUT2D eigenvalue weighted by Gasteiger charge is 2.26. The van der Waals surface area contributed by atoms with Crippen LogP contribution in [-0.4, -0.2) is 18.2 Å². The highest BCUT2D eigenvalue weighted by Crippen LogP contribution is 2.24. The average molecular weight is 439 g/mol. The van der Waals surface area contributed by atoms with Crippen LogP contribution in [0.2, 0.25) is 0 Å². The average Bonchev–Trinajstić information content (AvgIpc) is 3.08. The predicted octanol–water partition coefficient (Wildman–Crippen LogP) is 3.71. The summed E-state index contributed by atoms with van der Waals surface area (Å²) in [6.45, 7) is -0.918. The van der Waals surface area contributed by atoms with Crippen molar-refractivity contribution in [1.29, 1.82) is 0 Å². The van der Waals surface area contributed by atoms with Crippen molar-refractivity contribution >= 4 is 15.8 Å². The van der Waals surface area contributed by atoms with Gasteiger partial charge in [0, 0.05) is 18.3 Å². The molecular weight excluding hydrogens is 431 g/mol. The van der Waals surface area contributed by atoms with Crippen LogP contribution < -0.4 is 4.72 Å². The molecule has 1 N–H and O–H groups in total. The summed E-state index contributed by atoms with van der Waals surface area (Å²) in [4.78, 5) is -0.895. The van der Waals surface area contributed by atoms with Crippen LogP contribution in [0.1, 0.15) is 5.56 Å². The minimum Gasteiger partial charge on any atom is -0.266 e. The van der Waals surface area contributed by atoms with Crippen molar-refractivity contribution in [1.82, 2.24) is 9.78 Å². The van der Waals surface area contributed by atoms with Gasteiger partial charge in [-0.05, 0) is 12.1 Å². The Morgan fingerprint density at radius 3 is 2.03 bits per heavy atom. The van der Waals surface area contributed by atoms with Crippen LogP contribution in [0.4, 0.5) is 36.6 Å². The Bertz CT molecular complexity index is 1180. The van der Waals surface area contributed by atoms with Gasteiger partial charge in [0.15, 0.2) is 29.1 Å². The molecular formula is C16H8F7N3O2S. The molecule has 0 unspecified atom stereocenters. The minimum atomic E-state index is -4.54. The molecule has 1 heterocycles. The number of anilines is 1. The third kappa shape index (κ3) is 3.90. The van der Waals surface area contributed by atoms with Gasteiger partial charge in [-0.25, -0.2) is 39.2 Å². The molecule has 0 saturated heterocycles. The maximum absolute atomic E-state index is 13.7. The maximum atomic E-state index is 13.7. The fourth-order valence-electron chi connectivity index (χ4n) is 2.34. The zero-order valence-electron chi connectivity index (χ0n) is 13.9. The molecule has 0 fully saturated rings. The number of sulfonamides is 1. The van der Waals surface area contributed by atoms with Gasteiger partial charge in [0.25, 0.3) is 10.0 Å². The van der Waals surface area contributed by atoms with E-state index in [0.717, 1.165) is 12.3 Å². The molecule has 29 heavy (non-hydrogen) atoms. The highest BCUT2D eigenvalue weighted by molar-refractivity contribution is 7.92. The molecule has 3 rings (SSSR count). The molecule has 0 bridgehead atoms. The molecule has 154 valence electrons. The summed E-state index contributed by atoms with van der Waals surface area (Å²) in [6, 6.07) is 2.71. The van der Waals surface area contributed by atoms with Gasteiger partial charge in [0.05, 0.1) is 12.1 Å². The largest absolute Gasteiger partial charge is 0.266 e. The van der Waals surface area contributed by atoms with Gasteiger partial charge in [-0.3, -0.25) is 9.40 Å². The smallest absolute Gasteiger partial charge is 0.266 e.